The van der Waals surface area contributed by atoms with Gasteiger partial charge in [-0.15, -0.1) is 0 Å². The summed E-state index contributed by atoms with van der Waals surface area (Å²) in [6.07, 6.45) is 0.732. The first-order chi connectivity index (χ1) is 12.9. The molecule has 0 saturated carbocycles. The number of amides is 1. The molecule has 0 aliphatic carbocycles. The van der Waals surface area contributed by atoms with Gasteiger partial charge in [0.2, 0.25) is 17.6 Å². The SMILES string of the molecule is Cc1nn(C)c(C)c1C(C)N(C)C(=O)CCc1nc(-c2ccccc2)no1. The molecule has 1 unspecified atom stereocenters. The van der Waals surface area contributed by atoms with Crippen LogP contribution < -0.4 is 0 Å². The van der Waals surface area contributed by atoms with Gasteiger partial charge in [-0.2, -0.15) is 10.1 Å². The van der Waals surface area contributed by atoms with E-state index in [-0.39, 0.29) is 11.9 Å². The van der Waals surface area contributed by atoms with E-state index in [0.29, 0.717) is 24.6 Å². The Kier molecular flexibility index (Phi) is 5.39. The average molecular weight is 367 g/mol. The molecule has 2 aromatic heterocycles. The lowest BCUT2D eigenvalue weighted by molar-refractivity contribution is -0.131. The quantitative estimate of drug-likeness (QED) is 0.668. The van der Waals surface area contributed by atoms with Crippen molar-refractivity contribution < 1.29 is 9.32 Å². The lowest BCUT2D eigenvalue weighted by atomic mass is 10.0. The normalized spacial score (nSPS) is 12.2. The second kappa shape index (κ2) is 7.73. The molecule has 0 N–H and O–H groups in total. The van der Waals surface area contributed by atoms with Crippen LogP contribution in [0, 0.1) is 13.8 Å². The summed E-state index contributed by atoms with van der Waals surface area (Å²) in [5, 5.41) is 8.44. The van der Waals surface area contributed by atoms with Crippen LogP contribution in [0.4, 0.5) is 0 Å². The molecule has 0 bridgehead atoms. The Bertz CT molecular complexity index is 929. The Morgan fingerprint density at radius 3 is 2.59 bits per heavy atom. The van der Waals surface area contributed by atoms with Gasteiger partial charge in [0.1, 0.15) is 0 Å². The van der Waals surface area contributed by atoms with Gasteiger partial charge in [0.05, 0.1) is 11.7 Å². The molecule has 1 atom stereocenters. The summed E-state index contributed by atoms with van der Waals surface area (Å²) in [6.45, 7) is 6.02. The van der Waals surface area contributed by atoms with Crippen LogP contribution in [-0.4, -0.2) is 37.8 Å². The van der Waals surface area contributed by atoms with Gasteiger partial charge in [-0.05, 0) is 20.8 Å². The molecule has 3 rings (SSSR count). The van der Waals surface area contributed by atoms with Gasteiger partial charge in [0.25, 0.3) is 0 Å². The van der Waals surface area contributed by atoms with Gasteiger partial charge in [0, 0.05) is 43.8 Å². The highest BCUT2D eigenvalue weighted by atomic mass is 16.5. The van der Waals surface area contributed by atoms with E-state index in [1.807, 2.05) is 69.9 Å². The molecule has 7 heteroatoms. The summed E-state index contributed by atoms with van der Waals surface area (Å²) in [6, 6.07) is 9.59. The Hall–Kier alpha value is -2.96. The third-order valence-electron chi connectivity index (χ3n) is 5.01. The average Bonchev–Trinajstić information content (AvgIpc) is 3.24. The van der Waals surface area contributed by atoms with Crippen molar-refractivity contribution in [3.8, 4) is 11.4 Å². The third-order valence-corrected chi connectivity index (χ3v) is 5.01. The van der Waals surface area contributed by atoms with Crippen molar-refractivity contribution in [1.29, 1.82) is 0 Å². The van der Waals surface area contributed by atoms with Gasteiger partial charge in [0.15, 0.2) is 0 Å². The van der Waals surface area contributed by atoms with Crippen molar-refractivity contribution in [3.05, 3.63) is 53.2 Å². The molecule has 0 fully saturated rings. The molecule has 0 spiro atoms. The fourth-order valence-electron chi connectivity index (χ4n) is 3.26. The summed E-state index contributed by atoms with van der Waals surface area (Å²) >= 11 is 0. The number of carbonyl (C=O) groups is 1. The number of hydrogen-bond donors (Lipinski definition) is 0. The van der Waals surface area contributed by atoms with Crippen molar-refractivity contribution >= 4 is 5.91 Å². The molecule has 7 nitrogen and oxygen atoms in total. The predicted octanol–water partition coefficient (Wildman–Crippen LogP) is 3.24. The molecule has 1 amide bonds. The molecular weight excluding hydrogens is 342 g/mol. The highest BCUT2D eigenvalue weighted by Crippen LogP contribution is 2.26. The lowest BCUT2D eigenvalue weighted by Crippen LogP contribution is -2.30. The van der Waals surface area contributed by atoms with Gasteiger partial charge in [-0.1, -0.05) is 35.5 Å². The number of rotatable bonds is 6. The topological polar surface area (TPSA) is 77.1 Å². The van der Waals surface area contributed by atoms with Gasteiger partial charge >= 0.3 is 0 Å². The molecule has 3 aromatic rings. The van der Waals surface area contributed by atoms with Gasteiger partial charge < -0.3 is 9.42 Å². The first-order valence-electron chi connectivity index (χ1n) is 9.02. The second-order valence-electron chi connectivity index (χ2n) is 6.77. The molecule has 1 aromatic carbocycles. The first kappa shape index (κ1) is 18.8. The summed E-state index contributed by atoms with van der Waals surface area (Å²) in [4.78, 5) is 18.8. The van der Waals surface area contributed by atoms with E-state index < -0.39 is 0 Å². The molecule has 27 heavy (non-hydrogen) atoms. The molecule has 142 valence electrons. The predicted molar refractivity (Wildman–Crippen MR) is 102 cm³/mol. The Morgan fingerprint density at radius 2 is 1.96 bits per heavy atom. The van der Waals surface area contributed by atoms with Crippen LogP contribution in [0.15, 0.2) is 34.9 Å². The molecule has 0 aliphatic heterocycles. The van der Waals surface area contributed by atoms with Crippen molar-refractivity contribution in [3.63, 3.8) is 0 Å². The smallest absolute Gasteiger partial charge is 0.227 e. The highest BCUT2D eigenvalue weighted by molar-refractivity contribution is 5.76. The third kappa shape index (κ3) is 3.92. The van der Waals surface area contributed by atoms with Crippen molar-refractivity contribution in [2.75, 3.05) is 7.05 Å². The van der Waals surface area contributed by atoms with E-state index in [1.54, 1.807) is 4.90 Å². The van der Waals surface area contributed by atoms with Crippen LogP contribution in [0.1, 0.15) is 42.2 Å². The largest absolute Gasteiger partial charge is 0.339 e. The summed E-state index contributed by atoms with van der Waals surface area (Å²) in [7, 11) is 3.74. The number of carbonyl (C=O) groups excluding carboxylic acids is 1. The Balaban J connectivity index is 1.63. The number of benzene rings is 1. The van der Waals surface area contributed by atoms with Crippen LogP contribution in [0.3, 0.4) is 0 Å². The van der Waals surface area contributed by atoms with Crippen LogP contribution in [0.5, 0.6) is 0 Å². The minimum absolute atomic E-state index is 0.0321. The van der Waals surface area contributed by atoms with E-state index in [0.717, 1.165) is 22.5 Å². The zero-order chi connectivity index (χ0) is 19.6. The zero-order valence-electron chi connectivity index (χ0n) is 16.4. The minimum atomic E-state index is -0.0474. The monoisotopic (exact) mass is 367 g/mol. The highest BCUT2D eigenvalue weighted by Gasteiger charge is 2.23. The zero-order valence-corrected chi connectivity index (χ0v) is 16.4. The first-order valence-corrected chi connectivity index (χ1v) is 9.02. The molecule has 0 aliphatic rings. The van der Waals surface area contributed by atoms with E-state index in [1.165, 1.54) is 0 Å². The maximum absolute atomic E-state index is 12.6. The van der Waals surface area contributed by atoms with E-state index in [4.69, 9.17) is 4.52 Å². The number of aromatic nitrogens is 4. The maximum Gasteiger partial charge on any atom is 0.227 e. The van der Waals surface area contributed by atoms with E-state index in [9.17, 15) is 4.79 Å². The summed E-state index contributed by atoms with van der Waals surface area (Å²) in [5.74, 6) is 1.04. The fraction of sp³-hybridized carbons (Fsp3) is 0.400. The molecule has 0 saturated heterocycles. The number of hydrogen-bond acceptors (Lipinski definition) is 5. The minimum Gasteiger partial charge on any atom is -0.339 e. The lowest BCUT2D eigenvalue weighted by Gasteiger charge is -2.25. The van der Waals surface area contributed by atoms with E-state index in [2.05, 4.69) is 15.2 Å². The van der Waals surface area contributed by atoms with Crippen molar-refractivity contribution in [2.45, 2.75) is 39.7 Å². The summed E-state index contributed by atoms with van der Waals surface area (Å²) in [5.41, 5.74) is 4.01. The summed E-state index contributed by atoms with van der Waals surface area (Å²) < 4.78 is 7.14. The van der Waals surface area contributed by atoms with Crippen molar-refractivity contribution in [1.82, 2.24) is 24.8 Å². The Morgan fingerprint density at radius 1 is 1.26 bits per heavy atom. The standard InChI is InChI=1S/C20H25N5O2/c1-13-19(15(3)25(5)22-13)14(2)24(4)18(26)12-11-17-21-20(23-27-17)16-9-7-6-8-10-16/h6-10,14H,11-12H2,1-5H3. The van der Waals surface area contributed by atoms with E-state index >= 15 is 0 Å². The van der Waals surface area contributed by atoms with Gasteiger partial charge in [-0.25, -0.2) is 0 Å². The molecule has 2 heterocycles. The van der Waals surface area contributed by atoms with Crippen LogP contribution in [-0.2, 0) is 18.3 Å². The molecular formula is C20H25N5O2. The van der Waals surface area contributed by atoms with Crippen LogP contribution >= 0.6 is 0 Å². The van der Waals surface area contributed by atoms with Crippen LogP contribution in [0.25, 0.3) is 11.4 Å². The number of aryl methyl sites for hydroxylation is 3. The molecule has 0 radical (unpaired) electrons. The van der Waals surface area contributed by atoms with Crippen LogP contribution in [0.2, 0.25) is 0 Å². The van der Waals surface area contributed by atoms with Crippen molar-refractivity contribution in [2.24, 2.45) is 7.05 Å². The second-order valence-corrected chi connectivity index (χ2v) is 6.77. The number of nitrogens with zero attached hydrogens (tertiary/aromatic N) is 5. The fourth-order valence-corrected chi connectivity index (χ4v) is 3.26. The van der Waals surface area contributed by atoms with Gasteiger partial charge in [-0.3, -0.25) is 9.48 Å². The maximum atomic E-state index is 12.6. The Labute approximate surface area is 159 Å².